The lowest BCUT2D eigenvalue weighted by molar-refractivity contribution is 0.881. The number of hydrogen-bond acceptors (Lipinski definition) is 7. The predicted molar refractivity (Wildman–Crippen MR) is 65.3 cm³/mol. The molecule has 1 aromatic carbocycles. The maximum Gasteiger partial charge on any atom is 0.216 e. The van der Waals surface area contributed by atoms with E-state index in [1.54, 1.807) is 6.07 Å². The summed E-state index contributed by atoms with van der Waals surface area (Å²) in [5.41, 5.74) is 2.55. The second-order valence-corrected chi connectivity index (χ2v) is 3.58. The third kappa shape index (κ3) is 2.09. The fourth-order valence-corrected chi connectivity index (χ4v) is 1.51. The molecule has 2 aromatic heterocycles. The summed E-state index contributed by atoms with van der Waals surface area (Å²) < 4.78 is 0. The van der Waals surface area contributed by atoms with E-state index in [4.69, 9.17) is 5.26 Å². The minimum Gasteiger partial charge on any atom is -0.360 e. The van der Waals surface area contributed by atoms with Gasteiger partial charge in [-0.05, 0) is 23.4 Å². The third-order valence-corrected chi connectivity index (χ3v) is 2.41. The van der Waals surface area contributed by atoms with Crippen LogP contribution in [0.3, 0.4) is 0 Å². The van der Waals surface area contributed by atoms with Crippen LogP contribution in [0.25, 0.3) is 16.6 Å². The summed E-state index contributed by atoms with van der Waals surface area (Å²) in [5.74, 6) is 0.234. The first-order chi connectivity index (χ1) is 9.36. The van der Waals surface area contributed by atoms with Gasteiger partial charge in [-0.15, -0.1) is 10.2 Å². The van der Waals surface area contributed by atoms with Crippen LogP contribution in [0.15, 0.2) is 24.4 Å². The van der Waals surface area contributed by atoms with Gasteiger partial charge < -0.3 is 5.32 Å². The molecular weight excluding hydrogens is 246 g/mol. The van der Waals surface area contributed by atoms with E-state index in [0.717, 1.165) is 16.7 Å². The molecule has 3 N–H and O–H groups in total. The molecule has 19 heavy (non-hydrogen) atoms. The summed E-state index contributed by atoms with van der Waals surface area (Å²) in [5, 5.41) is 35.6. The maximum atomic E-state index is 9.01. The average molecular weight is 253 g/mol. The molecule has 0 aliphatic carbocycles. The number of nitriles is 1. The number of allylic oxidation sites excluding steroid dienone is 1. The van der Waals surface area contributed by atoms with Gasteiger partial charge in [0.05, 0.1) is 0 Å². The van der Waals surface area contributed by atoms with Gasteiger partial charge in [-0.25, -0.2) is 0 Å². The lowest BCUT2D eigenvalue weighted by Crippen LogP contribution is -1.92. The van der Waals surface area contributed by atoms with Crippen LogP contribution in [0.5, 0.6) is 0 Å². The Labute approximate surface area is 106 Å². The molecule has 0 amide bonds. The van der Waals surface area contributed by atoms with Crippen LogP contribution in [-0.4, -0.2) is 36.0 Å². The molecule has 3 rings (SSSR count). The van der Waals surface area contributed by atoms with Crippen LogP contribution >= 0.6 is 0 Å². The van der Waals surface area contributed by atoms with Crippen molar-refractivity contribution in [1.29, 1.82) is 5.26 Å². The largest absolute Gasteiger partial charge is 0.360 e. The van der Waals surface area contributed by atoms with Gasteiger partial charge in [-0.2, -0.15) is 25.9 Å². The highest BCUT2D eigenvalue weighted by Crippen LogP contribution is 2.15. The maximum absolute atomic E-state index is 9.01. The van der Waals surface area contributed by atoms with Crippen LogP contribution in [0.2, 0.25) is 0 Å². The van der Waals surface area contributed by atoms with Crippen LogP contribution in [0.4, 0.5) is 5.69 Å². The molecule has 0 unspecified atom stereocenters. The van der Waals surface area contributed by atoms with E-state index in [0.29, 0.717) is 0 Å². The van der Waals surface area contributed by atoms with Gasteiger partial charge in [0.15, 0.2) is 0 Å². The molecule has 0 fully saturated rings. The van der Waals surface area contributed by atoms with E-state index in [1.165, 1.54) is 6.20 Å². The molecular formula is C10H7N9. The molecule has 9 nitrogen and oxygen atoms in total. The molecule has 0 saturated heterocycles. The van der Waals surface area contributed by atoms with Gasteiger partial charge in [-0.1, -0.05) is 0 Å². The second kappa shape index (κ2) is 4.53. The zero-order valence-electron chi connectivity index (χ0n) is 9.49. The number of aromatic amines is 2. The molecule has 0 spiro atoms. The number of benzene rings is 1. The molecule has 92 valence electrons. The van der Waals surface area contributed by atoms with Gasteiger partial charge >= 0.3 is 0 Å². The van der Waals surface area contributed by atoms with Crippen molar-refractivity contribution in [1.82, 2.24) is 36.0 Å². The van der Waals surface area contributed by atoms with E-state index in [-0.39, 0.29) is 11.4 Å². The highest BCUT2D eigenvalue weighted by molar-refractivity contribution is 5.79. The lowest BCUT2D eigenvalue weighted by Gasteiger charge is -2.00. The van der Waals surface area contributed by atoms with E-state index < -0.39 is 0 Å². The number of hydrogen-bond donors (Lipinski definition) is 3. The topological polar surface area (TPSA) is 132 Å². The molecule has 9 heteroatoms. The third-order valence-electron chi connectivity index (χ3n) is 2.41. The van der Waals surface area contributed by atoms with Crippen molar-refractivity contribution in [2.45, 2.75) is 0 Å². The van der Waals surface area contributed by atoms with Crippen LogP contribution < -0.4 is 5.32 Å². The quantitative estimate of drug-likeness (QED) is 0.577. The molecule has 2 heterocycles. The van der Waals surface area contributed by atoms with E-state index in [2.05, 4.69) is 41.4 Å². The minimum absolute atomic E-state index is 0.234. The van der Waals surface area contributed by atoms with Crippen molar-refractivity contribution in [3.63, 3.8) is 0 Å². The van der Waals surface area contributed by atoms with Crippen molar-refractivity contribution >= 4 is 22.3 Å². The van der Waals surface area contributed by atoms with Crippen LogP contribution in [0.1, 0.15) is 5.82 Å². The van der Waals surface area contributed by atoms with Crippen molar-refractivity contribution in [2.24, 2.45) is 0 Å². The summed E-state index contributed by atoms with van der Waals surface area (Å²) in [6.07, 6.45) is 1.51. The lowest BCUT2D eigenvalue weighted by atomic mass is 10.2. The number of H-pyrrole nitrogens is 2. The first kappa shape index (κ1) is 10.8. The standard InChI is InChI=1S/C10H7N9/c11-4-6(10-15-18-19-16-10)5-12-7-1-2-8-9(3-7)14-17-13-8/h1-3,5,12H,(H,13,14,17)(H,15,16,18,19). The van der Waals surface area contributed by atoms with Crippen molar-refractivity contribution < 1.29 is 0 Å². The number of anilines is 1. The minimum atomic E-state index is 0.234. The van der Waals surface area contributed by atoms with Crippen LogP contribution in [-0.2, 0) is 0 Å². The monoisotopic (exact) mass is 253 g/mol. The Morgan fingerprint density at radius 2 is 2.11 bits per heavy atom. The van der Waals surface area contributed by atoms with Gasteiger partial charge in [0.25, 0.3) is 0 Å². The molecule has 0 bridgehead atoms. The van der Waals surface area contributed by atoms with E-state index in [9.17, 15) is 0 Å². The number of fused-ring (bicyclic) bond motifs is 1. The van der Waals surface area contributed by atoms with Gasteiger partial charge in [-0.3, -0.25) is 0 Å². The first-order valence-electron chi connectivity index (χ1n) is 5.28. The fraction of sp³-hybridized carbons (Fsp3) is 0. The molecule has 3 aromatic rings. The molecule has 0 saturated carbocycles. The van der Waals surface area contributed by atoms with Crippen molar-refractivity contribution in [2.75, 3.05) is 5.32 Å². The van der Waals surface area contributed by atoms with Gasteiger partial charge in [0.2, 0.25) is 5.82 Å². The Balaban J connectivity index is 1.86. The highest BCUT2D eigenvalue weighted by Gasteiger charge is 2.05. The zero-order valence-corrected chi connectivity index (χ0v) is 9.49. The molecule has 0 radical (unpaired) electrons. The Morgan fingerprint density at radius 1 is 1.21 bits per heavy atom. The van der Waals surface area contributed by atoms with Crippen molar-refractivity contribution in [3.05, 3.63) is 30.2 Å². The Morgan fingerprint density at radius 3 is 2.89 bits per heavy atom. The Hall–Kier alpha value is -3.28. The smallest absolute Gasteiger partial charge is 0.216 e. The van der Waals surface area contributed by atoms with E-state index in [1.807, 2.05) is 18.2 Å². The Bertz CT molecular complexity index is 762. The predicted octanol–water partition coefficient (Wildman–Crippen LogP) is 0.448. The number of nitrogens with one attached hydrogen (secondary N) is 3. The number of nitrogens with zero attached hydrogens (tertiary/aromatic N) is 6. The molecule has 0 atom stereocenters. The Kier molecular flexibility index (Phi) is 2.59. The zero-order chi connectivity index (χ0) is 13.1. The SMILES string of the molecule is N#CC(=CNc1ccc2n[nH]nc2c1)c1nn[nH]n1. The molecule has 0 aliphatic heterocycles. The summed E-state index contributed by atoms with van der Waals surface area (Å²) >= 11 is 0. The van der Waals surface area contributed by atoms with E-state index >= 15 is 0 Å². The normalized spacial score (nSPS) is 11.4. The van der Waals surface area contributed by atoms with Gasteiger partial charge in [0, 0.05) is 11.9 Å². The highest BCUT2D eigenvalue weighted by atomic mass is 15.5. The van der Waals surface area contributed by atoms with Crippen molar-refractivity contribution in [3.8, 4) is 6.07 Å². The summed E-state index contributed by atoms with van der Waals surface area (Å²) in [6, 6.07) is 7.43. The average Bonchev–Trinajstić information content (AvgIpc) is 3.10. The van der Waals surface area contributed by atoms with Gasteiger partial charge in [0.1, 0.15) is 22.7 Å². The van der Waals surface area contributed by atoms with Crippen LogP contribution in [0, 0.1) is 11.3 Å². The summed E-state index contributed by atoms with van der Waals surface area (Å²) in [7, 11) is 0. The number of rotatable bonds is 3. The second-order valence-electron chi connectivity index (χ2n) is 3.58. The summed E-state index contributed by atoms with van der Waals surface area (Å²) in [6.45, 7) is 0. The fourth-order valence-electron chi connectivity index (χ4n) is 1.51. The number of aromatic nitrogens is 7. The number of tetrazole rings is 1. The molecule has 0 aliphatic rings. The summed E-state index contributed by atoms with van der Waals surface area (Å²) in [4.78, 5) is 0. The first-order valence-corrected chi connectivity index (χ1v) is 5.28.